The summed E-state index contributed by atoms with van der Waals surface area (Å²) < 4.78 is 1.01. The van der Waals surface area contributed by atoms with Gasteiger partial charge in [0.2, 0.25) is 5.82 Å². The number of rotatable bonds is 4. The Morgan fingerprint density at radius 2 is 1.81 bits per heavy atom. The van der Waals surface area contributed by atoms with Gasteiger partial charge in [-0.15, -0.1) is 10.2 Å². The maximum absolute atomic E-state index is 12.7. The third kappa shape index (κ3) is 4.24. The topological polar surface area (TPSA) is 63.9 Å². The highest BCUT2D eigenvalue weighted by molar-refractivity contribution is 9.10. The van der Waals surface area contributed by atoms with E-state index in [1.165, 1.54) is 6.42 Å². The molecule has 1 aliphatic heterocycles. The number of piperidine rings is 1. The number of hydrogen-bond donors (Lipinski definition) is 0. The van der Waals surface area contributed by atoms with E-state index in [0.717, 1.165) is 47.1 Å². The van der Waals surface area contributed by atoms with Crippen molar-refractivity contribution >= 4 is 21.8 Å². The van der Waals surface area contributed by atoms with Gasteiger partial charge in [0.25, 0.3) is 5.91 Å². The van der Waals surface area contributed by atoms with Crippen LogP contribution in [-0.4, -0.2) is 44.1 Å². The summed E-state index contributed by atoms with van der Waals surface area (Å²) in [5.74, 6) is 0.696. The number of tetrazole rings is 1. The van der Waals surface area contributed by atoms with Crippen LogP contribution in [0.3, 0.4) is 0 Å². The van der Waals surface area contributed by atoms with Crippen LogP contribution in [-0.2, 0) is 6.54 Å². The zero-order valence-electron chi connectivity index (χ0n) is 14.9. The fourth-order valence-electron chi connectivity index (χ4n) is 3.27. The molecule has 27 heavy (non-hydrogen) atoms. The molecule has 1 amide bonds. The van der Waals surface area contributed by atoms with Crippen molar-refractivity contribution in [3.63, 3.8) is 0 Å². The first kappa shape index (κ1) is 17.9. The van der Waals surface area contributed by atoms with E-state index < -0.39 is 0 Å². The molecule has 0 radical (unpaired) electrons. The number of amides is 1. The number of likely N-dealkylation sites (tertiary alicyclic amines) is 1. The van der Waals surface area contributed by atoms with E-state index in [-0.39, 0.29) is 5.91 Å². The molecule has 2 aromatic carbocycles. The number of benzene rings is 2. The predicted molar refractivity (Wildman–Crippen MR) is 106 cm³/mol. The maximum atomic E-state index is 12.7. The molecule has 0 aliphatic carbocycles. The molecule has 1 aliphatic rings. The lowest BCUT2D eigenvalue weighted by Crippen LogP contribution is -2.35. The number of nitrogens with zero attached hydrogens (tertiary/aromatic N) is 5. The van der Waals surface area contributed by atoms with Gasteiger partial charge >= 0.3 is 0 Å². The number of halogens is 1. The van der Waals surface area contributed by atoms with Crippen molar-refractivity contribution in [1.82, 2.24) is 25.1 Å². The van der Waals surface area contributed by atoms with E-state index in [9.17, 15) is 4.79 Å². The van der Waals surface area contributed by atoms with Gasteiger partial charge in [-0.25, -0.2) is 0 Å². The largest absolute Gasteiger partial charge is 0.339 e. The summed E-state index contributed by atoms with van der Waals surface area (Å²) in [4.78, 5) is 16.2. The summed E-state index contributed by atoms with van der Waals surface area (Å²) in [5.41, 5.74) is 2.62. The number of aromatic nitrogens is 4. The van der Waals surface area contributed by atoms with Crippen LogP contribution in [0.1, 0.15) is 35.2 Å². The standard InChI is InChI=1S/C20H20BrN5O/c21-18-9-7-16(8-10-18)19-22-24-26(23-19)14-15-5-4-6-17(13-15)20(27)25-11-2-1-3-12-25/h4-10,13H,1-3,11-12,14H2. The Kier molecular flexibility index (Phi) is 5.29. The van der Waals surface area contributed by atoms with Gasteiger partial charge in [0, 0.05) is 28.7 Å². The molecule has 0 N–H and O–H groups in total. The Balaban J connectivity index is 1.48. The Bertz CT molecular complexity index is 932. The van der Waals surface area contributed by atoms with Gasteiger partial charge in [-0.3, -0.25) is 4.79 Å². The van der Waals surface area contributed by atoms with Crippen molar-refractivity contribution in [3.05, 3.63) is 64.1 Å². The molecule has 1 aromatic heterocycles. The van der Waals surface area contributed by atoms with Crippen LogP contribution in [0.4, 0.5) is 0 Å². The van der Waals surface area contributed by atoms with Gasteiger partial charge in [-0.05, 0) is 66.4 Å². The lowest BCUT2D eigenvalue weighted by Gasteiger charge is -2.26. The van der Waals surface area contributed by atoms with E-state index in [1.807, 2.05) is 53.4 Å². The van der Waals surface area contributed by atoms with Gasteiger partial charge in [-0.2, -0.15) is 4.80 Å². The number of hydrogen-bond acceptors (Lipinski definition) is 4. The smallest absolute Gasteiger partial charge is 0.253 e. The van der Waals surface area contributed by atoms with E-state index in [1.54, 1.807) is 4.80 Å². The molecule has 6 nitrogen and oxygen atoms in total. The third-order valence-corrected chi connectivity index (χ3v) is 5.23. The van der Waals surface area contributed by atoms with Crippen LogP contribution < -0.4 is 0 Å². The minimum atomic E-state index is 0.110. The van der Waals surface area contributed by atoms with Crippen molar-refractivity contribution < 1.29 is 4.79 Å². The molecule has 138 valence electrons. The maximum Gasteiger partial charge on any atom is 0.253 e. The summed E-state index contributed by atoms with van der Waals surface area (Å²) in [7, 11) is 0. The Hall–Kier alpha value is -2.54. The van der Waals surface area contributed by atoms with Crippen LogP contribution in [0, 0.1) is 0 Å². The number of carbonyl (C=O) groups excluding carboxylic acids is 1. The van der Waals surface area contributed by atoms with Crippen molar-refractivity contribution in [2.75, 3.05) is 13.1 Å². The van der Waals surface area contributed by atoms with Crippen LogP contribution in [0.15, 0.2) is 53.0 Å². The van der Waals surface area contributed by atoms with Crippen molar-refractivity contribution in [2.24, 2.45) is 0 Å². The third-order valence-electron chi connectivity index (χ3n) is 4.70. The molecule has 2 heterocycles. The Morgan fingerprint density at radius 3 is 2.59 bits per heavy atom. The number of carbonyl (C=O) groups is 1. The van der Waals surface area contributed by atoms with E-state index in [2.05, 4.69) is 31.3 Å². The first-order chi connectivity index (χ1) is 13.2. The quantitative estimate of drug-likeness (QED) is 0.637. The summed E-state index contributed by atoms with van der Waals surface area (Å²) in [6.45, 7) is 2.18. The highest BCUT2D eigenvalue weighted by Crippen LogP contribution is 2.18. The van der Waals surface area contributed by atoms with E-state index >= 15 is 0 Å². The summed E-state index contributed by atoms with van der Waals surface area (Å²) in [6.07, 6.45) is 3.39. The lowest BCUT2D eigenvalue weighted by atomic mass is 10.1. The van der Waals surface area contributed by atoms with E-state index in [4.69, 9.17) is 0 Å². The average molecular weight is 426 g/mol. The Labute approximate surface area is 166 Å². The zero-order chi connectivity index (χ0) is 18.6. The minimum Gasteiger partial charge on any atom is -0.339 e. The fourth-order valence-corrected chi connectivity index (χ4v) is 3.53. The van der Waals surface area contributed by atoms with E-state index in [0.29, 0.717) is 12.4 Å². The SMILES string of the molecule is O=C(c1cccc(Cn2nnc(-c3ccc(Br)cc3)n2)c1)N1CCCCC1. The van der Waals surface area contributed by atoms with Crippen molar-refractivity contribution in [1.29, 1.82) is 0 Å². The first-order valence-electron chi connectivity index (χ1n) is 9.11. The molecule has 1 fully saturated rings. The molecule has 0 unspecified atom stereocenters. The highest BCUT2D eigenvalue weighted by Gasteiger charge is 2.18. The molecular weight excluding hydrogens is 406 g/mol. The summed E-state index contributed by atoms with van der Waals surface area (Å²) >= 11 is 3.42. The molecule has 0 bridgehead atoms. The van der Waals surface area contributed by atoms with Crippen LogP contribution >= 0.6 is 15.9 Å². The van der Waals surface area contributed by atoms with Gasteiger partial charge in [-0.1, -0.05) is 28.1 Å². The molecular formula is C20H20BrN5O. The molecule has 0 atom stereocenters. The molecule has 1 saturated heterocycles. The average Bonchev–Trinajstić information content (AvgIpc) is 3.17. The lowest BCUT2D eigenvalue weighted by molar-refractivity contribution is 0.0724. The monoisotopic (exact) mass is 425 g/mol. The van der Waals surface area contributed by atoms with Gasteiger partial charge < -0.3 is 4.90 Å². The fraction of sp³-hybridized carbons (Fsp3) is 0.300. The van der Waals surface area contributed by atoms with Crippen LogP contribution in [0.25, 0.3) is 11.4 Å². The molecule has 0 spiro atoms. The summed E-state index contributed by atoms with van der Waals surface area (Å²) in [6, 6.07) is 15.5. The zero-order valence-corrected chi connectivity index (χ0v) is 16.5. The second kappa shape index (κ2) is 8.00. The normalized spacial score (nSPS) is 14.3. The van der Waals surface area contributed by atoms with Gasteiger partial charge in [0.05, 0.1) is 6.54 Å². The first-order valence-corrected chi connectivity index (χ1v) is 9.90. The second-order valence-corrected chi connectivity index (χ2v) is 7.62. The van der Waals surface area contributed by atoms with Crippen LogP contribution in [0.2, 0.25) is 0 Å². The van der Waals surface area contributed by atoms with Crippen molar-refractivity contribution in [3.8, 4) is 11.4 Å². The highest BCUT2D eigenvalue weighted by atomic mass is 79.9. The Morgan fingerprint density at radius 1 is 1.04 bits per heavy atom. The van der Waals surface area contributed by atoms with Gasteiger partial charge in [0.1, 0.15) is 0 Å². The minimum absolute atomic E-state index is 0.110. The second-order valence-electron chi connectivity index (χ2n) is 6.70. The molecule has 4 rings (SSSR count). The van der Waals surface area contributed by atoms with Crippen LogP contribution in [0.5, 0.6) is 0 Å². The molecule has 3 aromatic rings. The predicted octanol–water partition coefficient (Wildman–Crippen LogP) is 3.78. The molecule has 7 heteroatoms. The molecule has 0 saturated carbocycles. The van der Waals surface area contributed by atoms with Gasteiger partial charge in [0.15, 0.2) is 0 Å². The summed E-state index contributed by atoms with van der Waals surface area (Å²) in [5, 5.41) is 12.7. The van der Waals surface area contributed by atoms with Crippen molar-refractivity contribution in [2.45, 2.75) is 25.8 Å².